The van der Waals surface area contributed by atoms with E-state index < -0.39 is 27.0 Å². The molecule has 0 N–H and O–H groups in total. The largest absolute Gasteiger partial charge is 1.00 e. The van der Waals surface area contributed by atoms with Gasteiger partial charge in [0.25, 0.3) is 0 Å². The molecule has 59 heavy (non-hydrogen) atoms. The van der Waals surface area contributed by atoms with Crippen LogP contribution in [0.3, 0.4) is 0 Å². The van der Waals surface area contributed by atoms with Crippen LogP contribution in [0.1, 0.15) is 253 Å². The molecule has 0 fully saturated rings. The van der Waals surface area contributed by atoms with Gasteiger partial charge in [-0.05, 0) is 82.4 Å². The number of carbonyl (C=O) groups is 2. The van der Waals surface area contributed by atoms with Crippen molar-refractivity contribution in [3.8, 4) is 0 Å². The number of rotatable bonds is 41. The fourth-order valence-electron chi connectivity index (χ4n) is 7.27. The van der Waals surface area contributed by atoms with Crippen molar-refractivity contribution in [1.29, 1.82) is 0 Å². The standard InChI is InChI=1S/C50H86O7S.K/c1-3-5-7-9-11-13-15-17-19-21-23-25-27-29-31-33-35-37-39-43-56-49(51)47-42-41-46(58(53,54)55)45-48(47)50(52)57-44-40-38-36-34-32-30-28-26-24-22-20-18-16-14-12-10-8-6-4-2;/h11-14,41-42,45H,3-10,15-40,43-44H2,1-2H3,(H,53,54,55);/q;+1/p-1/b13-11+,14-12+;. The second-order valence-electron chi connectivity index (χ2n) is 16.4. The average Bonchev–Trinajstić information content (AvgIpc) is 3.21. The van der Waals surface area contributed by atoms with Gasteiger partial charge in [-0.25, -0.2) is 18.0 Å². The monoisotopic (exact) mass is 869 g/mol. The first-order valence-electron chi connectivity index (χ1n) is 24.0. The van der Waals surface area contributed by atoms with E-state index in [1.807, 2.05) is 0 Å². The third kappa shape index (κ3) is 35.4. The molecule has 0 saturated carbocycles. The fraction of sp³-hybridized carbons (Fsp3) is 0.760. The Morgan fingerprint density at radius 2 is 0.746 bits per heavy atom. The molecule has 0 spiro atoms. The van der Waals surface area contributed by atoms with Crippen LogP contribution in [-0.2, 0) is 19.6 Å². The van der Waals surface area contributed by atoms with E-state index in [-0.39, 0.29) is 75.7 Å². The molecular weight excluding hydrogens is 784 g/mol. The molecule has 0 amide bonds. The zero-order chi connectivity index (χ0) is 42.2. The molecule has 334 valence electrons. The first-order valence-corrected chi connectivity index (χ1v) is 25.5. The normalized spacial score (nSPS) is 11.7. The average molecular weight is 869 g/mol. The Labute approximate surface area is 405 Å². The molecule has 0 radical (unpaired) electrons. The summed E-state index contributed by atoms with van der Waals surface area (Å²) in [5.41, 5.74) is -0.334. The number of ether oxygens (including phenoxy) is 2. The summed E-state index contributed by atoms with van der Waals surface area (Å²) in [5.74, 6) is -1.54. The van der Waals surface area contributed by atoms with Crippen molar-refractivity contribution in [2.45, 2.75) is 237 Å². The summed E-state index contributed by atoms with van der Waals surface area (Å²) in [6.07, 6.45) is 50.7. The van der Waals surface area contributed by atoms with E-state index in [4.69, 9.17) is 9.47 Å². The quantitative estimate of drug-likeness (QED) is 0.0212. The second-order valence-corrected chi connectivity index (χ2v) is 17.8. The van der Waals surface area contributed by atoms with Crippen LogP contribution in [0, 0.1) is 0 Å². The molecule has 9 heteroatoms. The van der Waals surface area contributed by atoms with Crippen molar-refractivity contribution < 1.29 is 83.4 Å². The van der Waals surface area contributed by atoms with Crippen LogP contribution >= 0.6 is 0 Å². The first kappa shape index (κ1) is 58.2. The number of benzene rings is 1. The minimum Gasteiger partial charge on any atom is -0.744 e. The molecule has 1 rings (SSSR count). The van der Waals surface area contributed by atoms with Gasteiger partial charge in [0.1, 0.15) is 10.1 Å². The maximum absolute atomic E-state index is 13.0. The van der Waals surface area contributed by atoms with Gasteiger partial charge < -0.3 is 14.0 Å². The third-order valence-electron chi connectivity index (χ3n) is 11.0. The van der Waals surface area contributed by atoms with Gasteiger partial charge in [-0.15, -0.1) is 0 Å². The van der Waals surface area contributed by atoms with E-state index in [9.17, 15) is 22.6 Å². The molecule has 0 bridgehead atoms. The van der Waals surface area contributed by atoms with Crippen LogP contribution in [0.2, 0.25) is 0 Å². The van der Waals surface area contributed by atoms with Crippen LogP contribution in [0.15, 0.2) is 47.4 Å². The van der Waals surface area contributed by atoms with Gasteiger partial charge in [0, 0.05) is 0 Å². The number of allylic oxidation sites excluding steroid dienone is 4. The SMILES string of the molecule is CCCCC/C=C/CCCCCCCCCCCCCCOC(=O)c1ccc(S(=O)(=O)[O-])cc1C(=O)OCCCCCCCCCCCCCC/C=C/CCCCC.[K+]. The molecule has 0 unspecified atom stereocenters. The number of esters is 2. The number of unbranched alkanes of at least 4 members (excludes halogenated alkanes) is 30. The Bertz CT molecular complexity index is 1310. The molecule has 0 aliphatic carbocycles. The van der Waals surface area contributed by atoms with E-state index >= 15 is 0 Å². The van der Waals surface area contributed by atoms with Gasteiger partial charge in [0.05, 0.1) is 29.2 Å². The maximum Gasteiger partial charge on any atom is 1.00 e. The minimum atomic E-state index is -4.82. The molecule has 0 aliphatic heterocycles. The van der Waals surface area contributed by atoms with Crippen molar-refractivity contribution in [2.24, 2.45) is 0 Å². The van der Waals surface area contributed by atoms with Gasteiger partial charge in [-0.2, -0.15) is 0 Å². The van der Waals surface area contributed by atoms with Crippen LogP contribution in [-0.4, -0.2) is 38.1 Å². The van der Waals surface area contributed by atoms with Gasteiger partial charge >= 0.3 is 63.3 Å². The van der Waals surface area contributed by atoms with Gasteiger partial charge in [0.15, 0.2) is 0 Å². The summed E-state index contributed by atoms with van der Waals surface area (Å²) in [6, 6.07) is 3.15. The molecule has 0 saturated heterocycles. The van der Waals surface area contributed by atoms with Crippen molar-refractivity contribution in [3.05, 3.63) is 53.6 Å². The maximum atomic E-state index is 13.0. The smallest absolute Gasteiger partial charge is 0.744 e. The molecule has 0 aliphatic rings. The topological polar surface area (TPSA) is 110 Å². The summed E-state index contributed by atoms with van der Waals surface area (Å²) in [5, 5.41) is 0. The Balaban J connectivity index is 0.0000336. The predicted molar refractivity (Wildman–Crippen MR) is 242 cm³/mol. The van der Waals surface area contributed by atoms with Crippen LogP contribution in [0.4, 0.5) is 0 Å². The predicted octanol–water partition coefficient (Wildman–Crippen LogP) is 12.3. The van der Waals surface area contributed by atoms with Gasteiger partial charge in [0.2, 0.25) is 0 Å². The Morgan fingerprint density at radius 1 is 0.458 bits per heavy atom. The molecule has 1 aromatic carbocycles. The number of hydrogen-bond acceptors (Lipinski definition) is 7. The summed E-state index contributed by atoms with van der Waals surface area (Å²) in [7, 11) is -4.82. The minimum absolute atomic E-state index is 0. The summed E-state index contributed by atoms with van der Waals surface area (Å²) < 4.78 is 45.9. The Kier molecular flexibility index (Phi) is 41.9. The number of carbonyl (C=O) groups excluding carboxylic acids is 2. The van der Waals surface area contributed by atoms with E-state index in [0.29, 0.717) is 12.8 Å². The summed E-state index contributed by atoms with van der Waals surface area (Å²) in [6.45, 7) is 4.86. The zero-order valence-electron chi connectivity index (χ0n) is 38.3. The Morgan fingerprint density at radius 3 is 1.07 bits per heavy atom. The van der Waals surface area contributed by atoms with Crippen molar-refractivity contribution in [1.82, 2.24) is 0 Å². The van der Waals surface area contributed by atoms with Gasteiger partial charge in [-0.3, -0.25) is 0 Å². The molecule has 0 aromatic heterocycles. The van der Waals surface area contributed by atoms with Gasteiger partial charge in [-0.1, -0.05) is 192 Å². The zero-order valence-corrected chi connectivity index (χ0v) is 42.2. The third-order valence-corrected chi connectivity index (χ3v) is 11.8. The van der Waals surface area contributed by atoms with E-state index in [1.54, 1.807) is 0 Å². The van der Waals surface area contributed by atoms with Crippen LogP contribution in [0.5, 0.6) is 0 Å². The fourth-order valence-corrected chi connectivity index (χ4v) is 7.77. The van der Waals surface area contributed by atoms with Crippen LogP contribution in [0.25, 0.3) is 0 Å². The van der Waals surface area contributed by atoms with Crippen molar-refractivity contribution >= 4 is 22.1 Å². The second kappa shape index (κ2) is 42.5. The molecule has 1 aromatic rings. The van der Waals surface area contributed by atoms with E-state index in [2.05, 4.69) is 38.2 Å². The molecule has 7 nitrogen and oxygen atoms in total. The summed E-state index contributed by atoms with van der Waals surface area (Å²) in [4.78, 5) is 25.3. The molecule has 0 atom stereocenters. The van der Waals surface area contributed by atoms with Crippen molar-refractivity contribution in [2.75, 3.05) is 13.2 Å². The Hall–Kier alpha value is -0.814. The molecular formula is C50H85KO7S. The van der Waals surface area contributed by atoms with Crippen molar-refractivity contribution in [3.63, 3.8) is 0 Å². The summed E-state index contributed by atoms with van der Waals surface area (Å²) >= 11 is 0. The van der Waals surface area contributed by atoms with Crippen LogP contribution < -0.4 is 51.4 Å². The van der Waals surface area contributed by atoms with E-state index in [0.717, 1.165) is 50.7 Å². The van der Waals surface area contributed by atoms with E-state index in [1.165, 1.54) is 173 Å². The molecule has 0 heterocycles. The number of hydrogen-bond donors (Lipinski definition) is 0. The first-order chi connectivity index (χ1) is 28.3.